The van der Waals surface area contributed by atoms with Gasteiger partial charge in [0.1, 0.15) is 17.1 Å². The maximum atomic E-state index is 13.4. The average Bonchev–Trinajstić information content (AvgIpc) is 2.81. The first-order valence-corrected chi connectivity index (χ1v) is 5.67. The number of carbonyl (C=O) groups is 1. The third-order valence-electron chi connectivity index (χ3n) is 2.56. The number of hydrogen-bond donors (Lipinski definition) is 3. The summed E-state index contributed by atoms with van der Waals surface area (Å²) in [5, 5.41) is 6.15. The molecule has 0 bridgehead atoms. The standard InChI is InChI=1S/C12H12F2N4O2/c1-6-2-8(18-20-6)5-16-12(19)7-3-9(13)11(17-15)10(14)4-7/h2-4,17H,5,15H2,1H3,(H,16,19). The maximum Gasteiger partial charge on any atom is 0.251 e. The smallest absolute Gasteiger partial charge is 0.251 e. The van der Waals surface area contributed by atoms with Gasteiger partial charge >= 0.3 is 0 Å². The minimum atomic E-state index is -0.949. The van der Waals surface area contributed by atoms with Crippen LogP contribution in [0.2, 0.25) is 0 Å². The van der Waals surface area contributed by atoms with E-state index in [1.165, 1.54) is 0 Å². The van der Waals surface area contributed by atoms with Crippen LogP contribution in [0.1, 0.15) is 21.8 Å². The zero-order chi connectivity index (χ0) is 14.7. The van der Waals surface area contributed by atoms with Crippen LogP contribution in [0, 0.1) is 18.6 Å². The van der Waals surface area contributed by atoms with Crippen molar-refractivity contribution in [3.8, 4) is 0 Å². The van der Waals surface area contributed by atoms with Gasteiger partial charge in [0.15, 0.2) is 11.6 Å². The lowest BCUT2D eigenvalue weighted by Gasteiger charge is -2.07. The molecule has 0 aliphatic heterocycles. The van der Waals surface area contributed by atoms with Crippen LogP contribution in [0.5, 0.6) is 0 Å². The van der Waals surface area contributed by atoms with E-state index in [1.54, 1.807) is 13.0 Å². The van der Waals surface area contributed by atoms with Crippen molar-refractivity contribution in [2.24, 2.45) is 5.84 Å². The summed E-state index contributed by atoms with van der Waals surface area (Å²) in [5.74, 6) is 3.04. The second kappa shape index (κ2) is 5.66. The second-order valence-electron chi connectivity index (χ2n) is 4.07. The lowest BCUT2D eigenvalue weighted by molar-refractivity contribution is 0.0949. The molecular weight excluding hydrogens is 270 g/mol. The molecule has 4 N–H and O–H groups in total. The normalized spacial score (nSPS) is 10.4. The third-order valence-corrected chi connectivity index (χ3v) is 2.56. The monoisotopic (exact) mass is 282 g/mol. The van der Waals surface area contributed by atoms with Crippen molar-refractivity contribution in [2.75, 3.05) is 5.43 Å². The molecule has 0 atom stereocenters. The fourth-order valence-corrected chi connectivity index (χ4v) is 1.62. The number of hydrogen-bond acceptors (Lipinski definition) is 5. The minimum Gasteiger partial charge on any atom is -0.361 e. The van der Waals surface area contributed by atoms with Gasteiger partial charge in [-0.2, -0.15) is 0 Å². The van der Waals surface area contributed by atoms with E-state index in [1.807, 2.05) is 5.43 Å². The number of nitrogens with two attached hydrogens (primary N) is 1. The Morgan fingerprint density at radius 1 is 1.35 bits per heavy atom. The Balaban J connectivity index is 2.09. The van der Waals surface area contributed by atoms with Crippen LogP contribution in [0.25, 0.3) is 0 Å². The van der Waals surface area contributed by atoms with Gasteiger partial charge in [-0.1, -0.05) is 5.16 Å². The van der Waals surface area contributed by atoms with Gasteiger partial charge in [0, 0.05) is 11.6 Å². The van der Waals surface area contributed by atoms with Crippen LogP contribution < -0.4 is 16.6 Å². The topological polar surface area (TPSA) is 93.2 Å². The zero-order valence-electron chi connectivity index (χ0n) is 10.5. The minimum absolute atomic E-state index is 0.0936. The van der Waals surface area contributed by atoms with Crippen LogP contribution in [-0.2, 0) is 6.54 Å². The molecule has 1 amide bonds. The number of hydrazine groups is 1. The van der Waals surface area contributed by atoms with E-state index in [0.717, 1.165) is 12.1 Å². The first-order valence-electron chi connectivity index (χ1n) is 5.67. The van der Waals surface area contributed by atoms with Crippen LogP contribution in [0.4, 0.5) is 14.5 Å². The van der Waals surface area contributed by atoms with Crippen molar-refractivity contribution < 1.29 is 18.1 Å². The molecule has 8 heteroatoms. The third kappa shape index (κ3) is 2.91. The van der Waals surface area contributed by atoms with E-state index in [0.29, 0.717) is 11.5 Å². The molecule has 0 saturated heterocycles. The van der Waals surface area contributed by atoms with Crippen molar-refractivity contribution in [2.45, 2.75) is 13.5 Å². The number of nitrogens with zero attached hydrogens (tertiary/aromatic N) is 1. The molecule has 1 heterocycles. The van der Waals surface area contributed by atoms with Crippen LogP contribution in [0.15, 0.2) is 22.7 Å². The van der Waals surface area contributed by atoms with E-state index in [9.17, 15) is 13.6 Å². The number of amides is 1. The molecule has 0 aliphatic carbocycles. The molecule has 0 spiro atoms. The fraction of sp³-hybridized carbons (Fsp3) is 0.167. The van der Waals surface area contributed by atoms with Crippen LogP contribution >= 0.6 is 0 Å². The number of nitrogens with one attached hydrogen (secondary N) is 2. The van der Waals surface area contributed by atoms with Gasteiger partial charge < -0.3 is 15.3 Å². The number of aryl methyl sites for hydroxylation is 1. The highest BCUT2D eigenvalue weighted by Crippen LogP contribution is 2.19. The van der Waals surface area contributed by atoms with Gasteiger partial charge in [0.25, 0.3) is 5.91 Å². The summed E-state index contributed by atoms with van der Waals surface area (Å²) in [6, 6.07) is 3.42. The van der Waals surface area contributed by atoms with Gasteiger partial charge in [0.2, 0.25) is 0 Å². The Hall–Kier alpha value is -2.48. The number of benzene rings is 1. The number of rotatable bonds is 4. The van der Waals surface area contributed by atoms with Crippen LogP contribution in [0.3, 0.4) is 0 Å². The van der Waals surface area contributed by atoms with Gasteiger partial charge in [-0.15, -0.1) is 0 Å². The second-order valence-corrected chi connectivity index (χ2v) is 4.07. The molecule has 20 heavy (non-hydrogen) atoms. The van der Waals surface area contributed by atoms with Crippen molar-refractivity contribution in [3.63, 3.8) is 0 Å². The van der Waals surface area contributed by atoms with Crippen molar-refractivity contribution >= 4 is 11.6 Å². The summed E-state index contributed by atoms with van der Waals surface area (Å²) in [4.78, 5) is 11.8. The Kier molecular flexibility index (Phi) is 3.94. The van der Waals surface area contributed by atoms with E-state index < -0.39 is 23.2 Å². The predicted molar refractivity (Wildman–Crippen MR) is 66.6 cm³/mol. The Morgan fingerprint density at radius 2 is 2.00 bits per heavy atom. The molecular formula is C12H12F2N4O2. The highest BCUT2D eigenvalue weighted by atomic mass is 19.1. The first-order chi connectivity index (χ1) is 9.51. The van der Waals surface area contributed by atoms with E-state index in [-0.39, 0.29) is 12.1 Å². The molecule has 2 rings (SSSR count). The summed E-state index contributed by atoms with van der Waals surface area (Å²) in [6.45, 7) is 1.80. The first kappa shape index (κ1) is 13.9. The van der Waals surface area contributed by atoms with Crippen LogP contribution in [-0.4, -0.2) is 11.1 Å². The predicted octanol–water partition coefficient (Wildman–Crippen LogP) is 1.48. The van der Waals surface area contributed by atoms with Gasteiger partial charge in [0.05, 0.1) is 6.54 Å². The number of carbonyl (C=O) groups excluding carboxylic acids is 1. The van der Waals surface area contributed by atoms with Crippen molar-refractivity contribution in [1.29, 1.82) is 0 Å². The molecule has 2 aromatic rings. The fourth-order valence-electron chi connectivity index (χ4n) is 1.62. The maximum absolute atomic E-state index is 13.4. The molecule has 106 valence electrons. The number of anilines is 1. The molecule has 1 aromatic carbocycles. The summed E-state index contributed by atoms with van der Waals surface area (Å²) >= 11 is 0. The molecule has 6 nitrogen and oxygen atoms in total. The Morgan fingerprint density at radius 3 is 2.50 bits per heavy atom. The summed E-state index contributed by atoms with van der Waals surface area (Å²) < 4.78 is 31.7. The average molecular weight is 282 g/mol. The highest BCUT2D eigenvalue weighted by molar-refractivity contribution is 5.94. The number of halogens is 2. The van der Waals surface area contributed by atoms with E-state index in [4.69, 9.17) is 10.4 Å². The molecule has 0 saturated carbocycles. The van der Waals surface area contributed by atoms with Crippen molar-refractivity contribution in [1.82, 2.24) is 10.5 Å². The van der Waals surface area contributed by atoms with Gasteiger partial charge in [-0.3, -0.25) is 10.6 Å². The molecule has 0 fully saturated rings. The van der Waals surface area contributed by atoms with Gasteiger partial charge in [-0.05, 0) is 19.1 Å². The summed E-state index contributed by atoms with van der Waals surface area (Å²) in [5.41, 5.74) is 1.75. The van der Waals surface area contributed by atoms with E-state index in [2.05, 4.69) is 10.5 Å². The molecule has 0 unspecified atom stereocenters. The van der Waals surface area contributed by atoms with E-state index >= 15 is 0 Å². The summed E-state index contributed by atoms with van der Waals surface area (Å²) in [6.07, 6.45) is 0. The largest absolute Gasteiger partial charge is 0.361 e. The SMILES string of the molecule is Cc1cc(CNC(=O)c2cc(F)c(NN)c(F)c2)no1. The lowest BCUT2D eigenvalue weighted by atomic mass is 10.1. The highest BCUT2D eigenvalue weighted by Gasteiger charge is 2.14. The van der Waals surface area contributed by atoms with Gasteiger partial charge in [-0.25, -0.2) is 8.78 Å². The Labute approximate surface area is 112 Å². The number of nitrogen functional groups attached to an aromatic ring is 1. The quantitative estimate of drug-likeness (QED) is 0.583. The summed E-state index contributed by atoms with van der Waals surface area (Å²) in [7, 11) is 0. The molecule has 0 aliphatic rings. The molecule has 0 radical (unpaired) electrons. The zero-order valence-corrected chi connectivity index (χ0v) is 10.5. The Bertz CT molecular complexity index is 619. The number of aromatic nitrogens is 1. The molecule has 1 aromatic heterocycles. The lowest BCUT2D eigenvalue weighted by Crippen LogP contribution is -2.23. The van der Waals surface area contributed by atoms with Crippen molar-refractivity contribution in [3.05, 3.63) is 46.9 Å².